The lowest BCUT2D eigenvalue weighted by Gasteiger charge is -2.16. The number of hydrogen-bond donors (Lipinski definition) is 1. The van der Waals surface area contributed by atoms with Crippen LogP contribution in [0.25, 0.3) is 0 Å². The van der Waals surface area contributed by atoms with E-state index in [0.29, 0.717) is 10.0 Å². The number of rotatable bonds is 5. The van der Waals surface area contributed by atoms with Crippen LogP contribution in [0.3, 0.4) is 0 Å². The normalized spacial score (nSPS) is 12.9. The van der Waals surface area contributed by atoms with Crippen LogP contribution in [0.1, 0.15) is 18.5 Å². The maximum atomic E-state index is 13.3. The summed E-state index contributed by atoms with van der Waals surface area (Å²) in [6.07, 6.45) is 0. The summed E-state index contributed by atoms with van der Waals surface area (Å²) < 4.78 is 59.3. The highest BCUT2D eigenvalue weighted by atomic mass is 79.9. The van der Waals surface area contributed by atoms with Crippen LogP contribution in [-0.2, 0) is 10.0 Å². The summed E-state index contributed by atoms with van der Waals surface area (Å²) >= 11 is 3.21. The van der Waals surface area contributed by atoms with E-state index in [0.717, 1.165) is 12.1 Å². The predicted octanol–water partition coefficient (Wildman–Crippen LogP) is 3.78. The SMILES string of the molecule is COc1ccc(Br)cc1S(=O)(=O)NC(C)c1ccc(F)c(F)c1. The highest BCUT2D eigenvalue weighted by molar-refractivity contribution is 9.10. The summed E-state index contributed by atoms with van der Waals surface area (Å²) in [5, 5.41) is 0. The van der Waals surface area contributed by atoms with Gasteiger partial charge in [0.15, 0.2) is 11.6 Å². The molecule has 0 radical (unpaired) electrons. The lowest BCUT2D eigenvalue weighted by molar-refractivity contribution is 0.402. The predicted molar refractivity (Wildman–Crippen MR) is 85.8 cm³/mol. The fraction of sp³-hybridized carbons (Fsp3) is 0.200. The van der Waals surface area contributed by atoms with Crippen LogP contribution >= 0.6 is 15.9 Å². The number of hydrogen-bond acceptors (Lipinski definition) is 3. The highest BCUT2D eigenvalue weighted by Crippen LogP contribution is 2.28. The molecule has 0 amide bonds. The Kier molecular flexibility index (Phi) is 5.38. The third-order valence-corrected chi connectivity index (χ3v) is 5.25. The minimum atomic E-state index is -3.92. The van der Waals surface area contributed by atoms with E-state index in [4.69, 9.17) is 4.74 Å². The first-order valence-electron chi connectivity index (χ1n) is 6.55. The van der Waals surface area contributed by atoms with Crippen LogP contribution in [0.4, 0.5) is 8.78 Å². The summed E-state index contributed by atoms with van der Waals surface area (Å²) in [7, 11) is -2.55. The van der Waals surface area contributed by atoms with Crippen molar-refractivity contribution in [3.8, 4) is 5.75 Å². The van der Waals surface area contributed by atoms with Crippen molar-refractivity contribution >= 4 is 26.0 Å². The van der Waals surface area contributed by atoms with Crippen molar-refractivity contribution in [3.63, 3.8) is 0 Å². The Bertz CT molecular complexity index is 827. The second-order valence-corrected chi connectivity index (χ2v) is 7.41. The molecule has 1 unspecified atom stereocenters. The van der Waals surface area contributed by atoms with Crippen molar-refractivity contribution in [2.75, 3.05) is 7.11 Å². The first kappa shape index (κ1) is 17.8. The molecule has 0 bridgehead atoms. The summed E-state index contributed by atoms with van der Waals surface area (Å²) in [5.41, 5.74) is 0.307. The van der Waals surface area contributed by atoms with E-state index in [2.05, 4.69) is 20.7 Å². The molecule has 124 valence electrons. The number of sulfonamides is 1. The molecule has 0 saturated heterocycles. The molecule has 0 aliphatic rings. The minimum absolute atomic E-state index is 0.0520. The zero-order valence-electron chi connectivity index (χ0n) is 12.3. The Morgan fingerprint density at radius 1 is 1.13 bits per heavy atom. The molecule has 8 heteroatoms. The molecule has 1 atom stereocenters. The fourth-order valence-corrected chi connectivity index (χ4v) is 3.95. The number of nitrogens with one attached hydrogen (secondary N) is 1. The smallest absolute Gasteiger partial charge is 0.244 e. The largest absolute Gasteiger partial charge is 0.495 e. The molecule has 0 aliphatic heterocycles. The van der Waals surface area contributed by atoms with Gasteiger partial charge in [-0.1, -0.05) is 22.0 Å². The summed E-state index contributed by atoms with van der Waals surface area (Å²) in [5.74, 6) is -1.84. The van der Waals surface area contributed by atoms with Crippen molar-refractivity contribution in [2.45, 2.75) is 17.9 Å². The molecule has 4 nitrogen and oxygen atoms in total. The van der Waals surface area contributed by atoms with Gasteiger partial charge in [-0.15, -0.1) is 0 Å². The molecule has 2 rings (SSSR count). The van der Waals surface area contributed by atoms with Gasteiger partial charge in [-0.2, -0.15) is 0 Å². The molecule has 0 heterocycles. The lowest BCUT2D eigenvalue weighted by atomic mass is 10.1. The second-order valence-electron chi connectivity index (χ2n) is 4.81. The van der Waals surface area contributed by atoms with Crippen LogP contribution in [0, 0.1) is 11.6 Å². The van der Waals surface area contributed by atoms with Gasteiger partial charge in [-0.3, -0.25) is 0 Å². The van der Waals surface area contributed by atoms with Gasteiger partial charge in [0.05, 0.1) is 7.11 Å². The van der Waals surface area contributed by atoms with E-state index >= 15 is 0 Å². The first-order chi connectivity index (χ1) is 10.7. The van der Waals surface area contributed by atoms with E-state index in [1.54, 1.807) is 6.07 Å². The van der Waals surface area contributed by atoms with Crippen molar-refractivity contribution in [1.29, 1.82) is 0 Å². The highest BCUT2D eigenvalue weighted by Gasteiger charge is 2.23. The van der Waals surface area contributed by atoms with Gasteiger partial charge in [0.25, 0.3) is 0 Å². The average Bonchev–Trinajstić information content (AvgIpc) is 2.49. The molecule has 0 spiro atoms. The fourth-order valence-electron chi connectivity index (χ4n) is 2.01. The molecule has 0 fully saturated rings. The van der Waals surface area contributed by atoms with Crippen LogP contribution in [-0.4, -0.2) is 15.5 Å². The van der Waals surface area contributed by atoms with Gasteiger partial charge in [0, 0.05) is 10.5 Å². The molecule has 2 aromatic rings. The lowest BCUT2D eigenvalue weighted by Crippen LogP contribution is -2.27. The van der Waals surface area contributed by atoms with Crippen molar-refractivity contribution in [1.82, 2.24) is 4.72 Å². The maximum absolute atomic E-state index is 13.3. The number of ether oxygens (including phenoxy) is 1. The number of methoxy groups -OCH3 is 1. The van der Waals surface area contributed by atoms with Gasteiger partial charge in [-0.25, -0.2) is 21.9 Å². The molecule has 0 aromatic heterocycles. The Balaban J connectivity index is 2.34. The summed E-state index contributed by atoms with van der Waals surface area (Å²) in [6.45, 7) is 1.54. The number of benzene rings is 2. The van der Waals surface area contributed by atoms with Gasteiger partial charge in [0.1, 0.15) is 10.6 Å². The third kappa shape index (κ3) is 4.07. The van der Waals surface area contributed by atoms with Crippen LogP contribution in [0.5, 0.6) is 5.75 Å². The zero-order chi connectivity index (χ0) is 17.2. The first-order valence-corrected chi connectivity index (χ1v) is 8.83. The quantitative estimate of drug-likeness (QED) is 0.823. The van der Waals surface area contributed by atoms with Crippen molar-refractivity contribution in [3.05, 3.63) is 58.1 Å². The molecular formula is C15H14BrF2NO3S. The molecule has 0 aliphatic carbocycles. The van der Waals surface area contributed by atoms with Gasteiger partial charge in [-0.05, 0) is 42.8 Å². The topological polar surface area (TPSA) is 55.4 Å². The Hall–Kier alpha value is -1.51. The molecule has 2 aromatic carbocycles. The molecular weight excluding hydrogens is 392 g/mol. The maximum Gasteiger partial charge on any atom is 0.244 e. The molecule has 0 saturated carbocycles. The summed E-state index contributed by atoms with van der Waals surface area (Å²) in [6, 6.07) is 7.05. The average molecular weight is 406 g/mol. The van der Waals surface area contributed by atoms with Crippen molar-refractivity contribution in [2.24, 2.45) is 0 Å². The van der Waals surface area contributed by atoms with E-state index in [1.165, 1.54) is 32.2 Å². The number of halogens is 3. The van der Waals surface area contributed by atoms with Crippen LogP contribution in [0.15, 0.2) is 45.8 Å². The Labute approximate surface area is 141 Å². The Morgan fingerprint density at radius 2 is 1.83 bits per heavy atom. The minimum Gasteiger partial charge on any atom is -0.495 e. The van der Waals surface area contributed by atoms with Crippen molar-refractivity contribution < 1.29 is 21.9 Å². The molecule has 1 N–H and O–H groups in total. The van der Waals surface area contributed by atoms with Gasteiger partial charge >= 0.3 is 0 Å². The summed E-state index contributed by atoms with van der Waals surface area (Å²) in [4.78, 5) is -0.0520. The van der Waals surface area contributed by atoms with E-state index < -0.39 is 27.7 Å². The van der Waals surface area contributed by atoms with E-state index in [9.17, 15) is 17.2 Å². The third-order valence-electron chi connectivity index (χ3n) is 3.19. The van der Waals surface area contributed by atoms with Crippen LogP contribution in [0.2, 0.25) is 0 Å². The van der Waals surface area contributed by atoms with Gasteiger partial charge in [0.2, 0.25) is 10.0 Å². The van der Waals surface area contributed by atoms with Gasteiger partial charge < -0.3 is 4.74 Å². The monoisotopic (exact) mass is 405 g/mol. The molecule has 23 heavy (non-hydrogen) atoms. The van der Waals surface area contributed by atoms with E-state index in [1.807, 2.05) is 0 Å². The standard InChI is InChI=1S/C15H14BrF2NO3S/c1-9(10-3-5-12(17)13(18)7-10)19-23(20,21)15-8-11(16)4-6-14(15)22-2/h3-9,19H,1-2H3. The zero-order valence-corrected chi connectivity index (χ0v) is 14.7. The Morgan fingerprint density at radius 3 is 2.43 bits per heavy atom. The van der Waals surface area contributed by atoms with Crippen LogP contribution < -0.4 is 9.46 Å². The second kappa shape index (κ2) is 6.94. The van der Waals surface area contributed by atoms with E-state index in [-0.39, 0.29) is 10.6 Å².